The van der Waals surface area contributed by atoms with E-state index in [1.807, 2.05) is 13.8 Å². The van der Waals surface area contributed by atoms with Gasteiger partial charge in [-0.2, -0.15) is 0 Å². The zero-order valence-corrected chi connectivity index (χ0v) is 16.9. The first kappa shape index (κ1) is 22.2. The van der Waals surface area contributed by atoms with E-state index in [1.165, 1.54) is 25.1 Å². The molecule has 9 heteroatoms. The van der Waals surface area contributed by atoms with Crippen molar-refractivity contribution in [2.24, 2.45) is 4.99 Å². The largest absolute Gasteiger partial charge is 0.494 e. The lowest BCUT2D eigenvalue weighted by molar-refractivity contribution is 0.130. The summed E-state index contributed by atoms with van der Waals surface area (Å²) in [7, 11) is 1.53. The molecule has 0 bridgehead atoms. The molecule has 0 fully saturated rings. The SMILES string of the molecule is CCSC(=NC(C)NC(C)O)c1ncc(NC(=O)OC(C)C)cc1OC. The summed E-state index contributed by atoms with van der Waals surface area (Å²) in [5, 5.41) is 15.6. The number of thioether (sulfide) groups is 1. The molecule has 0 aromatic carbocycles. The molecule has 0 aliphatic carbocycles. The zero-order chi connectivity index (χ0) is 19.7. The van der Waals surface area contributed by atoms with E-state index >= 15 is 0 Å². The van der Waals surface area contributed by atoms with Crippen molar-refractivity contribution in [3.63, 3.8) is 0 Å². The second-order valence-corrected chi connectivity index (χ2v) is 6.99. The average molecular weight is 385 g/mol. The van der Waals surface area contributed by atoms with Crippen LogP contribution < -0.4 is 15.4 Å². The van der Waals surface area contributed by atoms with Crippen LogP contribution in [0.15, 0.2) is 17.3 Å². The number of hydrogen-bond donors (Lipinski definition) is 3. The van der Waals surface area contributed by atoms with Gasteiger partial charge in [0.15, 0.2) is 0 Å². The van der Waals surface area contributed by atoms with Gasteiger partial charge in [0.2, 0.25) is 0 Å². The maximum Gasteiger partial charge on any atom is 0.411 e. The molecule has 0 aliphatic heterocycles. The van der Waals surface area contributed by atoms with Crippen molar-refractivity contribution in [1.29, 1.82) is 0 Å². The van der Waals surface area contributed by atoms with Crippen molar-refractivity contribution in [3.05, 3.63) is 18.0 Å². The molecule has 2 unspecified atom stereocenters. The van der Waals surface area contributed by atoms with E-state index in [-0.39, 0.29) is 12.3 Å². The highest BCUT2D eigenvalue weighted by Crippen LogP contribution is 2.26. The van der Waals surface area contributed by atoms with Gasteiger partial charge >= 0.3 is 6.09 Å². The second-order valence-electron chi connectivity index (χ2n) is 5.74. The average Bonchev–Trinajstić information content (AvgIpc) is 2.52. The van der Waals surface area contributed by atoms with Crippen molar-refractivity contribution in [2.45, 2.75) is 53.1 Å². The third kappa shape index (κ3) is 7.59. The maximum atomic E-state index is 11.7. The summed E-state index contributed by atoms with van der Waals surface area (Å²) in [5.41, 5.74) is 1.04. The number of nitrogens with one attached hydrogen (secondary N) is 2. The number of ether oxygens (including phenoxy) is 2. The number of carbonyl (C=O) groups excluding carboxylic acids is 1. The number of anilines is 1. The van der Waals surface area contributed by atoms with E-state index < -0.39 is 12.3 Å². The van der Waals surface area contributed by atoms with Crippen LogP contribution in [0, 0.1) is 0 Å². The van der Waals surface area contributed by atoms with Crippen molar-refractivity contribution in [1.82, 2.24) is 10.3 Å². The molecule has 0 saturated carbocycles. The molecular weight excluding hydrogens is 356 g/mol. The lowest BCUT2D eigenvalue weighted by Crippen LogP contribution is -2.33. The Morgan fingerprint density at radius 3 is 2.62 bits per heavy atom. The number of aliphatic hydroxyl groups is 1. The number of rotatable bonds is 8. The van der Waals surface area contributed by atoms with Gasteiger partial charge in [0.05, 0.1) is 31.3 Å². The summed E-state index contributed by atoms with van der Waals surface area (Å²) < 4.78 is 10.5. The molecule has 1 amide bonds. The minimum Gasteiger partial charge on any atom is -0.494 e. The number of hydrogen-bond acceptors (Lipinski definition) is 8. The van der Waals surface area contributed by atoms with Crippen LogP contribution in [0.25, 0.3) is 0 Å². The molecule has 146 valence electrons. The smallest absolute Gasteiger partial charge is 0.411 e. The maximum absolute atomic E-state index is 11.7. The summed E-state index contributed by atoms with van der Waals surface area (Å²) >= 11 is 1.52. The Morgan fingerprint density at radius 1 is 1.38 bits per heavy atom. The van der Waals surface area contributed by atoms with E-state index in [1.54, 1.807) is 26.8 Å². The summed E-state index contributed by atoms with van der Waals surface area (Å²) in [6.07, 6.45) is -0.211. The van der Waals surface area contributed by atoms with Gasteiger partial charge in [0.1, 0.15) is 22.7 Å². The van der Waals surface area contributed by atoms with Gasteiger partial charge in [-0.15, -0.1) is 11.8 Å². The number of methoxy groups -OCH3 is 1. The summed E-state index contributed by atoms with van der Waals surface area (Å²) in [5.74, 6) is 1.28. The van der Waals surface area contributed by atoms with Gasteiger partial charge in [-0.1, -0.05) is 6.92 Å². The molecule has 0 spiro atoms. The summed E-state index contributed by atoms with van der Waals surface area (Å²) in [6, 6.07) is 1.67. The van der Waals surface area contributed by atoms with Crippen molar-refractivity contribution >= 4 is 28.6 Å². The molecule has 1 rings (SSSR count). The Balaban J connectivity index is 3.08. The van der Waals surface area contributed by atoms with Gasteiger partial charge < -0.3 is 14.6 Å². The Hall–Kier alpha value is -1.84. The van der Waals surface area contributed by atoms with E-state index in [9.17, 15) is 9.90 Å². The number of amides is 1. The van der Waals surface area contributed by atoms with Gasteiger partial charge in [-0.3, -0.25) is 15.6 Å². The molecule has 0 saturated heterocycles. The number of aliphatic imine (C=N–C) groups is 1. The van der Waals surface area contributed by atoms with Crippen LogP contribution in [-0.4, -0.2) is 52.6 Å². The standard InChI is InChI=1S/C17H28N4O4S/c1-7-26-16(20-11(4)19-12(5)22)15-14(24-6)8-13(9-18-15)21-17(23)25-10(2)3/h8-12,19,22H,7H2,1-6H3,(H,21,23). The van der Waals surface area contributed by atoms with E-state index in [2.05, 4.69) is 20.6 Å². The summed E-state index contributed by atoms with van der Waals surface area (Å²) in [6.45, 7) is 9.03. The third-order valence-electron chi connectivity index (χ3n) is 2.94. The number of aliphatic hydroxyl groups excluding tert-OH is 1. The van der Waals surface area contributed by atoms with Gasteiger partial charge in [-0.05, 0) is 33.4 Å². The van der Waals surface area contributed by atoms with E-state index in [0.29, 0.717) is 22.2 Å². The number of aromatic nitrogens is 1. The van der Waals surface area contributed by atoms with Crippen molar-refractivity contribution in [2.75, 3.05) is 18.2 Å². The fourth-order valence-corrected chi connectivity index (χ4v) is 2.85. The van der Waals surface area contributed by atoms with Crippen LogP contribution >= 0.6 is 11.8 Å². The van der Waals surface area contributed by atoms with E-state index in [4.69, 9.17) is 9.47 Å². The van der Waals surface area contributed by atoms with E-state index in [0.717, 1.165) is 5.75 Å². The Kier molecular flexibility index (Phi) is 9.39. The molecule has 3 N–H and O–H groups in total. The predicted octanol–water partition coefficient (Wildman–Crippen LogP) is 2.82. The monoisotopic (exact) mass is 384 g/mol. The molecule has 1 aromatic heterocycles. The lowest BCUT2D eigenvalue weighted by Gasteiger charge is -2.16. The molecule has 0 aliphatic rings. The Morgan fingerprint density at radius 2 is 2.08 bits per heavy atom. The highest BCUT2D eigenvalue weighted by Gasteiger charge is 2.16. The van der Waals surface area contributed by atoms with Crippen LogP contribution in [-0.2, 0) is 4.74 Å². The molecule has 2 atom stereocenters. The normalized spacial score (nSPS) is 14.1. The first-order valence-electron chi connectivity index (χ1n) is 8.43. The molecular formula is C17H28N4O4S. The summed E-state index contributed by atoms with van der Waals surface area (Å²) in [4.78, 5) is 20.7. The van der Waals surface area contributed by atoms with Crippen LogP contribution in [0.4, 0.5) is 10.5 Å². The van der Waals surface area contributed by atoms with Crippen molar-refractivity contribution in [3.8, 4) is 5.75 Å². The van der Waals surface area contributed by atoms with Crippen molar-refractivity contribution < 1.29 is 19.4 Å². The first-order valence-corrected chi connectivity index (χ1v) is 9.42. The quantitative estimate of drug-likeness (QED) is 0.359. The topological polar surface area (TPSA) is 105 Å². The highest BCUT2D eigenvalue weighted by molar-refractivity contribution is 8.14. The predicted molar refractivity (Wildman–Crippen MR) is 105 cm³/mol. The molecule has 0 radical (unpaired) electrons. The number of pyridine rings is 1. The van der Waals surface area contributed by atoms with Crippen LogP contribution in [0.3, 0.4) is 0 Å². The third-order valence-corrected chi connectivity index (χ3v) is 3.80. The minimum absolute atomic E-state index is 0.216. The Bertz CT molecular complexity index is 623. The highest BCUT2D eigenvalue weighted by atomic mass is 32.2. The van der Waals surface area contributed by atoms with Gasteiger partial charge in [0, 0.05) is 6.07 Å². The van der Waals surface area contributed by atoms with Crippen LogP contribution in [0.1, 0.15) is 40.3 Å². The van der Waals surface area contributed by atoms with Gasteiger partial charge in [-0.25, -0.2) is 9.78 Å². The molecule has 8 nitrogen and oxygen atoms in total. The zero-order valence-electron chi connectivity index (χ0n) is 16.1. The van der Waals surface area contributed by atoms with Gasteiger partial charge in [0.25, 0.3) is 0 Å². The fourth-order valence-electron chi connectivity index (χ4n) is 2.06. The fraction of sp³-hybridized carbons (Fsp3) is 0.588. The van der Waals surface area contributed by atoms with Crippen LogP contribution in [0.2, 0.25) is 0 Å². The molecule has 1 aromatic rings. The van der Waals surface area contributed by atoms with Crippen LogP contribution in [0.5, 0.6) is 5.75 Å². The minimum atomic E-state index is -0.671. The number of carbonyl (C=O) groups is 1. The molecule has 26 heavy (non-hydrogen) atoms. The number of nitrogens with zero attached hydrogens (tertiary/aromatic N) is 2. The second kappa shape index (κ2) is 11.0. The lowest BCUT2D eigenvalue weighted by atomic mass is 10.3. The Labute approximate surface area is 158 Å². The first-order chi connectivity index (χ1) is 12.3. The molecule has 1 heterocycles.